The van der Waals surface area contributed by atoms with Gasteiger partial charge in [0.1, 0.15) is 5.75 Å². The highest BCUT2D eigenvalue weighted by atomic mass is 16.3. The van der Waals surface area contributed by atoms with Crippen LogP contribution in [0.25, 0.3) is 0 Å². The standard InChI is InChI=1S/C16H24N2O.C3H8.C2H6.C2H2/c1-13(3-4-14-9-11-17-12-10-14)18(2)15-5-7-16(19)8-6-15;1-3-2;2*1-2/h3,5-8,14,17,19H,4,9-12H2,1-2H3;3H2,1-2H3;1-2H3;1-2H/b13-3-;;;. The smallest absolute Gasteiger partial charge is 0.115 e. The molecular formula is C23H40N2O. The average molecular weight is 361 g/mol. The number of phenolic OH excluding ortho intramolecular Hbond substituents is 1. The topological polar surface area (TPSA) is 35.5 Å². The first-order chi connectivity index (χ1) is 12.6. The number of hydrogen-bond donors (Lipinski definition) is 2. The first kappa shape index (κ1) is 26.3. The Kier molecular flexibility index (Phi) is 18.1. The van der Waals surface area contributed by atoms with Crippen molar-refractivity contribution in [3.8, 4) is 18.6 Å². The maximum absolute atomic E-state index is 9.31. The van der Waals surface area contributed by atoms with Crippen molar-refractivity contribution in [2.24, 2.45) is 5.92 Å². The molecule has 1 aliphatic rings. The van der Waals surface area contributed by atoms with E-state index in [1.165, 1.54) is 25.0 Å². The van der Waals surface area contributed by atoms with Gasteiger partial charge >= 0.3 is 0 Å². The van der Waals surface area contributed by atoms with Crippen LogP contribution in [0.2, 0.25) is 0 Å². The van der Waals surface area contributed by atoms with E-state index >= 15 is 0 Å². The van der Waals surface area contributed by atoms with Crippen LogP contribution in [0.4, 0.5) is 5.69 Å². The predicted octanol–water partition coefficient (Wildman–Crippen LogP) is 5.81. The number of phenols is 1. The molecule has 0 radical (unpaired) electrons. The van der Waals surface area contributed by atoms with E-state index in [1.54, 1.807) is 12.1 Å². The SMILES string of the molecule is C#C.C/C(=C/CC1CCNCC1)N(C)c1ccc(O)cc1.CC.CCC. The van der Waals surface area contributed by atoms with Crippen molar-refractivity contribution in [3.05, 3.63) is 36.0 Å². The van der Waals surface area contributed by atoms with Gasteiger partial charge in [0, 0.05) is 18.4 Å². The van der Waals surface area contributed by atoms with Gasteiger partial charge in [-0.3, -0.25) is 0 Å². The van der Waals surface area contributed by atoms with Gasteiger partial charge in [0.2, 0.25) is 0 Å². The van der Waals surface area contributed by atoms with Crippen LogP contribution in [0.15, 0.2) is 36.0 Å². The van der Waals surface area contributed by atoms with Crippen molar-refractivity contribution in [2.45, 2.75) is 60.3 Å². The lowest BCUT2D eigenvalue weighted by molar-refractivity contribution is 0.377. The number of terminal acetylenes is 1. The fraction of sp³-hybridized carbons (Fsp3) is 0.565. The molecule has 1 fully saturated rings. The van der Waals surface area contributed by atoms with Gasteiger partial charge in [0.05, 0.1) is 0 Å². The Morgan fingerprint density at radius 1 is 1.15 bits per heavy atom. The number of nitrogens with one attached hydrogen (secondary N) is 1. The van der Waals surface area contributed by atoms with Crippen LogP contribution in [0, 0.1) is 18.8 Å². The number of nitrogens with zero attached hydrogens (tertiary/aromatic N) is 1. The summed E-state index contributed by atoms with van der Waals surface area (Å²) in [6.45, 7) is 12.7. The molecule has 26 heavy (non-hydrogen) atoms. The molecule has 0 amide bonds. The summed E-state index contributed by atoms with van der Waals surface area (Å²) < 4.78 is 0. The third-order valence-electron chi connectivity index (χ3n) is 3.97. The van der Waals surface area contributed by atoms with E-state index in [1.807, 2.05) is 26.0 Å². The Labute approximate surface area is 162 Å². The van der Waals surface area contributed by atoms with Gasteiger partial charge in [-0.05, 0) is 69.5 Å². The lowest BCUT2D eigenvalue weighted by Crippen LogP contribution is -2.27. The molecule has 1 aliphatic heterocycles. The number of anilines is 1. The van der Waals surface area contributed by atoms with Crippen LogP contribution in [0.1, 0.15) is 60.3 Å². The van der Waals surface area contributed by atoms with Gasteiger partial charge in [-0.1, -0.05) is 40.2 Å². The van der Waals surface area contributed by atoms with Crippen molar-refractivity contribution >= 4 is 5.69 Å². The summed E-state index contributed by atoms with van der Waals surface area (Å²) in [4.78, 5) is 2.17. The van der Waals surface area contributed by atoms with Crippen molar-refractivity contribution < 1.29 is 5.11 Å². The molecule has 0 aliphatic carbocycles. The molecule has 0 spiro atoms. The maximum atomic E-state index is 9.31. The molecule has 1 aromatic rings. The minimum atomic E-state index is 0.313. The Morgan fingerprint density at radius 2 is 1.62 bits per heavy atom. The summed E-state index contributed by atoms with van der Waals surface area (Å²) in [6.07, 6.45) is 15.3. The fourth-order valence-corrected chi connectivity index (χ4v) is 2.47. The predicted molar refractivity (Wildman–Crippen MR) is 118 cm³/mol. The summed E-state index contributed by atoms with van der Waals surface area (Å²) in [5, 5.41) is 12.7. The molecule has 2 rings (SSSR count). The highest BCUT2D eigenvalue weighted by Crippen LogP contribution is 2.22. The van der Waals surface area contributed by atoms with Crippen LogP contribution < -0.4 is 10.2 Å². The molecule has 0 bridgehead atoms. The number of aromatic hydroxyl groups is 1. The summed E-state index contributed by atoms with van der Waals surface area (Å²) in [5.74, 6) is 1.14. The summed E-state index contributed by atoms with van der Waals surface area (Å²) in [7, 11) is 2.07. The van der Waals surface area contributed by atoms with Crippen molar-refractivity contribution in [1.82, 2.24) is 5.32 Å². The van der Waals surface area contributed by atoms with Crippen molar-refractivity contribution in [3.63, 3.8) is 0 Å². The van der Waals surface area contributed by atoms with Crippen molar-refractivity contribution in [2.75, 3.05) is 25.0 Å². The van der Waals surface area contributed by atoms with Gasteiger partial charge in [0.25, 0.3) is 0 Å². The highest BCUT2D eigenvalue weighted by molar-refractivity contribution is 5.52. The molecule has 1 saturated heterocycles. The van der Waals surface area contributed by atoms with E-state index in [0.717, 1.165) is 31.1 Å². The highest BCUT2D eigenvalue weighted by Gasteiger charge is 2.12. The maximum Gasteiger partial charge on any atom is 0.115 e. The van der Waals surface area contributed by atoms with Gasteiger partial charge in [-0.15, -0.1) is 12.8 Å². The second kappa shape index (κ2) is 17.9. The normalized spacial score (nSPS) is 13.8. The molecule has 0 aromatic heterocycles. The molecule has 3 heteroatoms. The van der Waals surface area contributed by atoms with Crippen LogP contribution in [-0.4, -0.2) is 25.2 Å². The average Bonchev–Trinajstić information content (AvgIpc) is 2.70. The zero-order valence-corrected chi connectivity index (χ0v) is 17.8. The minimum Gasteiger partial charge on any atom is -0.508 e. The Bertz CT molecular complexity index is 471. The second-order valence-electron chi connectivity index (χ2n) is 6.06. The molecule has 1 heterocycles. The zero-order chi connectivity index (χ0) is 20.4. The summed E-state index contributed by atoms with van der Waals surface area (Å²) in [6, 6.07) is 7.34. The number of hydrogen-bond acceptors (Lipinski definition) is 3. The van der Waals surface area contributed by atoms with Gasteiger partial charge in [0.15, 0.2) is 0 Å². The van der Waals surface area contributed by atoms with Crippen LogP contribution in [-0.2, 0) is 0 Å². The molecule has 0 saturated carbocycles. The van der Waals surface area contributed by atoms with Gasteiger partial charge in [-0.2, -0.15) is 0 Å². The minimum absolute atomic E-state index is 0.313. The Hall–Kier alpha value is -1.92. The third-order valence-corrected chi connectivity index (χ3v) is 3.97. The van der Waals surface area contributed by atoms with Crippen LogP contribution in [0.5, 0.6) is 5.75 Å². The fourth-order valence-electron chi connectivity index (χ4n) is 2.47. The molecular weight excluding hydrogens is 320 g/mol. The molecule has 3 nitrogen and oxygen atoms in total. The third kappa shape index (κ3) is 11.6. The quantitative estimate of drug-likeness (QED) is 0.665. The van der Waals surface area contributed by atoms with E-state index in [2.05, 4.69) is 57.0 Å². The molecule has 148 valence electrons. The largest absolute Gasteiger partial charge is 0.508 e. The molecule has 1 aromatic carbocycles. The number of piperidine rings is 1. The second-order valence-corrected chi connectivity index (χ2v) is 6.06. The first-order valence-electron chi connectivity index (χ1n) is 9.82. The monoisotopic (exact) mass is 360 g/mol. The summed E-state index contributed by atoms with van der Waals surface area (Å²) in [5.41, 5.74) is 2.38. The van der Waals surface area contributed by atoms with Gasteiger partial charge < -0.3 is 15.3 Å². The van der Waals surface area contributed by atoms with E-state index < -0.39 is 0 Å². The Morgan fingerprint density at radius 3 is 2.08 bits per heavy atom. The van der Waals surface area contributed by atoms with Crippen LogP contribution in [0.3, 0.4) is 0 Å². The number of rotatable bonds is 4. The summed E-state index contributed by atoms with van der Waals surface area (Å²) >= 11 is 0. The zero-order valence-electron chi connectivity index (χ0n) is 17.8. The lowest BCUT2D eigenvalue weighted by Gasteiger charge is -2.23. The molecule has 0 atom stereocenters. The lowest BCUT2D eigenvalue weighted by atomic mass is 9.94. The van der Waals surface area contributed by atoms with E-state index in [-0.39, 0.29) is 0 Å². The molecule has 2 N–H and O–H groups in total. The number of benzene rings is 1. The van der Waals surface area contributed by atoms with Crippen LogP contribution >= 0.6 is 0 Å². The Balaban J connectivity index is 0. The van der Waals surface area contributed by atoms with Gasteiger partial charge in [-0.25, -0.2) is 0 Å². The first-order valence-corrected chi connectivity index (χ1v) is 9.82. The van der Waals surface area contributed by atoms with E-state index in [0.29, 0.717) is 5.75 Å². The van der Waals surface area contributed by atoms with E-state index in [9.17, 15) is 5.11 Å². The molecule has 0 unspecified atom stereocenters. The van der Waals surface area contributed by atoms with E-state index in [4.69, 9.17) is 0 Å². The van der Waals surface area contributed by atoms with Crippen molar-refractivity contribution in [1.29, 1.82) is 0 Å². The number of allylic oxidation sites excluding steroid dienone is 2.